The van der Waals surface area contributed by atoms with Gasteiger partial charge in [-0.2, -0.15) is 10.4 Å². The van der Waals surface area contributed by atoms with Crippen molar-refractivity contribution in [2.45, 2.75) is 63.1 Å². The molecule has 6 atom stereocenters. The second kappa shape index (κ2) is 15.2. The molecule has 0 amide bonds. The van der Waals surface area contributed by atoms with E-state index < -0.39 is 62.2 Å². The van der Waals surface area contributed by atoms with Gasteiger partial charge in [0, 0.05) is 0 Å². The highest BCUT2D eigenvalue weighted by atomic mass is 31.2. The van der Waals surface area contributed by atoms with Gasteiger partial charge in [0.25, 0.3) is 0 Å². The highest BCUT2D eigenvalue weighted by Gasteiger charge is 2.57. The number of hydrogen-bond donors (Lipinski definition) is 5. The normalized spacial score (nSPS) is 21.9. The topological polar surface area (TPSA) is 233 Å². The molecule has 1 saturated heterocycles. The van der Waals surface area contributed by atoms with Crippen molar-refractivity contribution < 1.29 is 43.1 Å². The number of ether oxygens (including phenoxy) is 3. The SMILES string of the molecule is C[C@H](NP(=O)(N[C@@H](C)C(=O)OCc1ccccc1)OC[C@@]1(C#N)O[C@@H](c2ccc3c(N)ncnn23)[C@H](O)[C@@H]1O)C(=O)OCc1ccccc1. The van der Waals surface area contributed by atoms with Gasteiger partial charge in [-0.3, -0.25) is 14.2 Å². The number of anilines is 1. The van der Waals surface area contributed by atoms with Crippen molar-refractivity contribution in [1.82, 2.24) is 24.8 Å². The van der Waals surface area contributed by atoms with Crippen LogP contribution >= 0.6 is 7.67 Å². The summed E-state index contributed by atoms with van der Waals surface area (Å²) in [6, 6.07) is 20.2. The first-order valence-corrected chi connectivity index (χ1v) is 16.8. The Hall–Kier alpha value is -4.72. The molecule has 3 heterocycles. The first kappa shape index (κ1) is 35.6. The standard InChI is InChI=1S/C32H36N7O9P/c1-20(30(42)45-15-22-9-5-3-6-10-22)37-49(44,38-21(2)31(43)46-16-23-11-7-4-8-12-23)47-18-32(17-33)28(41)26(40)27(48-32)24-13-14-25-29(34)35-19-36-39(24)25/h3-14,19-21,26-28,40-41H,15-16,18H2,1-2H3,(H2,34,35,36)(H2,37,38,44)/t20-,21-,26-,27-,28-,32+/m0/s1. The molecule has 17 heteroatoms. The number of rotatable bonds is 14. The smallest absolute Gasteiger partial charge is 0.342 e. The van der Waals surface area contributed by atoms with Crippen LogP contribution in [0, 0.1) is 11.3 Å². The number of nitrogens with zero attached hydrogens (tertiary/aromatic N) is 4. The van der Waals surface area contributed by atoms with Gasteiger partial charge in [-0.05, 0) is 37.1 Å². The van der Waals surface area contributed by atoms with Crippen LogP contribution in [0.1, 0.15) is 36.8 Å². The van der Waals surface area contributed by atoms with Gasteiger partial charge in [0.15, 0.2) is 5.82 Å². The summed E-state index contributed by atoms with van der Waals surface area (Å²) in [4.78, 5) is 29.7. The number of nitriles is 1. The molecule has 0 unspecified atom stereocenters. The number of esters is 2. The second-order valence-electron chi connectivity index (χ2n) is 11.4. The lowest BCUT2D eigenvalue weighted by atomic mass is 9.96. The van der Waals surface area contributed by atoms with Crippen molar-refractivity contribution in [2.75, 3.05) is 12.3 Å². The molecule has 2 aromatic carbocycles. The largest absolute Gasteiger partial charge is 0.460 e. The predicted molar refractivity (Wildman–Crippen MR) is 173 cm³/mol. The minimum Gasteiger partial charge on any atom is -0.460 e. The third-order valence-electron chi connectivity index (χ3n) is 7.78. The zero-order valence-electron chi connectivity index (χ0n) is 26.6. The van der Waals surface area contributed by atoms with Gasteiger partial charge < -0.3 is 34.7 Å². The fourth-order valence-electron chi connectivity index (χ4n) is 5.10. The summed E-state index contributed by atoms with van der Waals surface area (Å²) in [5.41, 5.74) is 5.73. The molecule has 6 N–H and O–H groups in total. The van der Waals surface area contributed by atoms with E-state index in [0.29, 0.717) is 5.52 Å². The highest BCUT2D eigenvalue weighted by molar-refractivity contribution is 7.54. The fourth-order valence-corrected chi connectivity index (χ4v) is 6.92. The quantitative estimate of drug-likeness (QED) is 0.0938. The molecule has 49 heavy (non-hydrogen) atoms. The molecule has 16 nitrogen and oxygen atoms in total. The summed E-state index contributed by atoms with van der Waals surface area (Å²) in [5.74, 6) is -1.44. The van der Waals surface area contributed by atoms with Crippen LogP contribution in [0.25, 0.3) is 5.52 Å². The van der Waals surface area contributed by atoms with Gasteiger partial charge in [-0.15, -0.1) is 0 Å². The van der Waals surface area contributed by atoms with Crippen LogP contribution in [0.15, 0.2) is 79.1 Å². The van der Waals surface area contributed by atoms with Crippen LogP contribution in [0.4, 0.5) is 5.82 Å². The van der Waals surface area contributed by atoms with Gasteiger partial charge in [0.1, 0.15) is 68.1 Å². The van der Waals surface area contributed by atoms with Crippen LogP contribution in [0.5, 0.6) is 0 Å². The Morgan fingerprint density at radius 3 is 2.08 bits per heavy atom. The Morgan fingerprint density at radius 2 is 1.55 bits per heavy atom. The Labute approximate surface area is 281 Å². The van der Waals surface area contributed by atoms with Crippen molar-refractivity contribution in [3.05, 3.63) is 95.9 Å². The van der Waals surface area contributed by atoms with Crippen LogP contribution in [0.2, 0.25) is 0 Å². The van der Waals surface area contributed by atoms with Gasteiger partial charge in [-0.1, -0.05) is 60.7 Å². The number of aliphatic hydroxyl groups excluding tert-OH is 2. The maximum atomic E-state index is 14.3. The van der Waals surface area contributed by atoms with E-state index in [0.717, 1.165) is 11.1 Å². The van der Waals surface area contributed by atoms with Crippen molar-refractivity contribution >= 4 is 30.9 Å². The molecule has 1 aliphatic rings. The van der Waals surface area contributed by atoms with E-state index in [-0.39, 0.29) is 24.7 Å². The number of carbonyl (C=O) groups is 2. The second-order valence-corrected chi connectivity index (χ2v) is 13.3. The summed E-state index contributed by atoms with van der Waals surface area (Å²) in [5, 5.41) is 41.5. The van der Waals surface area contributed by atoms with Crippen LogP contribution in [0.3, 0.4) is 0 Å². The van der Waals surface area contributed by atoms with Gasteiger partial charge in [0.2, 0.25) is 5.60 Å². The molecular formula is C32H36N7O9P. The third-order valence-corrected chi connectivity index (χ3v) is 9.73. The van der Waals surface area contributed by atoms with Crippen molar-refractivity contribution in [3.63, 3.8) is 0 Å². The van der Waals surface area contributed by atoms with Crippen LogP contribution in [-0.4, -0.2) is 73.2 Å². The van der Waals surface area contributed by atoms with E-state index >= 15 is 0 Å². The molecule has 0 saturated carbocycles. The van der Waals surface area contributed by atoms with Crippen LogP contribution < -0.4 is 15.9 Å². The molecule has 0 bridgehead atoms. The number of nitrogens with two attached hydrogens (primary N) is 1. The van der Waals surface area contributed by atoms with Crippen molar-refractivity contribution in [1.29, 1.82) is 5.26 Å². The average Bonchev–Trinajstić information content (AvgIpc) is 3.65. The number of fused-ring (bicyclic) bond motifs is 1. The number of carbonyl (C=O) groups excluding carboxylic acids is 2. The molecule has 4 aromatic rings. The fraction of sp³-hybridized carbons (Fsp3) is 0.344. The van der Waals surface area contributed by atoms with E-state index in [4.69, 9.17) is 24.5 Å². The summed E-state index contributed by atoms with van der Waals surface area (Å²) in [6.45, 7) is 1.74. The summed E-state index contributed by atoms with van der Waals surface area (Å²) < 4.78 is 38.0. The highest BCUT2D eigenvalue weighted by Crippen LogP contribution is 2.45. The lowest BCUT2D eigenvalue weighted by molar-refractivity contribution is -0.147. The minimum atomic E-state index is -4.48. The maximum absolute atomic E-state index is 14.3. The Morgan fingerprint density at radius 1 is 1.00 bits per heavy atom. The molecule has 258 valence electrons. The van der Waals surface area contributed by atoms with E-state index in [1.807, 2.05) is 18.2 Å². The van der Waals surface area contributed by atoms with E-state index in [9.17, 15) is 29.6 Å². The summed E-state index contributed by atoms with van der Waals surface area (Å²) in [7, 11) is -4.48. The monoisotopic (exact) mass is 693 g/mol. The molecule has 1 fully saturated rings. The lowest BCUT2D eigenvalue weighted by Crippen LogP contribution is -2.48. The number of aliphatic hydroxyl groups is 2. The number of benzene rings is 2. The van der Waals surface area contributed by atoms with Gasteiger partial charge in [-0.25, -0.2) is 19.7 Å². The Kier molecular flexibility index (Phi) is 11.1. The first-order valence-electron chi connectivity index (χ1n) is 15.2. The molecule has 0 radical (unpaired) electrons. The summed E-state index contributed by atoms with van der Waals surface area (Å²) >= 11 is 0. The number of nitrogens with one attached hydrogen (secondary N) is 2. The zero-order valence-corrected chi connectivity index (χ0v) is 27.5. The zero-order chi connectivity index (χ0) is 35.2. The van der Waals surface area contributed by atoms with Crippen molar-refractivity contribution in [2.24, 2.45) is 0 Å². The minimum absolute atomic E-state index is 0.0612. The van der Waals surface area contributed by atoms with Crippen molar-refractivity contribution in [3.8, 4) is 6.07 Å². The number of hydrogen-bond acceptors (Lipinski definition) is 13. The molecule has 0 spiro atoms. The molecule has 5 rings (SSSR count). The first-order chi connectivity index (χ1) is 23.4. The average molecular weight is 694 g/mol. The molecular weight excluding hydrogens is 657 g/mol. The van der Waals surface area contributed by atoms with Gasteiger partial charge >= 0.3 is 19.6 Å². The van der Waals surface area contributed by atoms with Gasteiger partial charge in [0.05, 0.1) is 5.69 Å². The maximum Gasteiger partial charge on any atom is 0.342 e. The van der Waals surface area contributed by atoms with Crippen LogP contribution in [-0.2, 0) is 46.1 Å². The van der Waals surface area contributed by atoms with E-state index in [1.54, 1.807) is 54.6 Å². The number of nitrogen functional groups attached to an aromatic ring is 1. The lowest BCUT2D eigenvalue weighted by Gasteiger charge is -2.30. The third kappa shape index (κ3) is 8.12. The van der Waals surface area contributed by atoms with E-state index in [2.05, 4.69) is 20.3 Å². The number of aromatic nitrogens is 3. The molecule has 2 aromatic heterocycles. The predicted octanol–water partition coefficient (Wildman–Crippen LogP) is 1.93. The summed E-state index contributed by atoms with van der Waals surface area (Å²) in [6.07, 6.45) is -3.62. The Balaban J connectivity index is 1.33. The van der Waals surface area contributed by atoms with E-state index in [1.165, 1.54) is 30.8 Å². The Bertz CT molecular complexity index is 1790. The molecule has 0 aliphatic carbocycles. The molecule has 1 aliphatic heterocycles.